The second-order valence-corrected chi connectivity index (χ2v) is 6.75. The van der Waals surface area contributed by atoms with Crippen molar-refractivity contribution in [3.8, 4) is 17.6 Å². The number of methoxy groups -OCH3 is 1. The van der Waals surface area contributed by atoms with Gasteiger partial charge in [0.1, 0.15) is 17.4 Å². The van der Waals surface area contributed by atoms with Gasteiger partial charge in [0.05, 0.1) is 25.2 Å². The number of allylic oxidation sites excluding steroid dienone is 2. The zero-order valence-electron chi connectivity index (χ0n) is 16.1. The van der Waals surface area contributed by atoms with E-state index in [1.54, 1.807) is 26.0 Å². The summed E-state index contributed by atoms with van der Waals surface area (Å²) in [6.07, 6.45) is 0. The first kappa shape index (κ1) is 22.1. The van der Waals surface area contributed by atoms with Gasteiger partial charge in [-0.15, -0.1) is 0 Å². The van der Waals surface area contributed by atoms with Crippen molar-refractivity contribution in [3.63, 3.8) is 0 Å². The molecule has 0 spiro atoms. The Bertz CT molecular complexity index is 948. The summed E-state index contributed by atoms with van der Waals surface area (Å²) in [6.45, 7) is 3.04. The van der Waals surface area contributed by atoms with Crippen LogP contribution in [0.25, 0.3) is 0 Å². The molecule has 9 nitrogen and oxygen atoms in total. The van der Waals surface area contributed by atoms with Gasteiger partial charge >= 0.3 is 5.97 Å². The van der Waals surface area contributed by atoms with Crippen LogP contribution in [0.3, 0.4) is 0 Å². The number of ether oxygens (including phenoxy) is 4. The number of nitrogens with zero attached hydrogens (tertiary/aromatic N) is 1. The van der Waals surface area contributed by atoms with Crippen molar-refractivity contribution in [3.05, 3.63) is 45.0 Å². The van der Waals surface area contributed by atoms with E-state index < -0.39 is 17.8 Å². The average molecular weight is 466 g/mol. The molecule has 1 aliphatic rings. The second kappa shape index (κ2) is 9.34. The SMILES string of the molecule is CCOC(=O)C1=C(C)OC(N)=C(C#N)C1c1cc(OC)c(OCC(N)=O)cc1Br. The monoisotopic (exact) mass is 465 g/mol. The van der Waals surface area contributed by atoms with Crippen molar-refractivity contribution in [2.24, 2.45) is 11.5 Å². The smallest absolute Gasteiger partial charge is 0.338 e. The number of nitrogens with two attached hydrogens (primary N) is 2. The molecule has 1 aliphatic heterocycles. The van der Waals surface area contributed by atoms with Gasteiger partial charge in [0.25, 0.3) is 5.91 Å². The van der Waals surface area contributed by atoms with Gasteiger partial charge < -0.3 is 30.4 Å². The highest BCUT2D eigenvalue weighted by atomic mass is 79.9. The molecule has 0 saturated heterocycles. The Morgan fingerprint density at radius 3 is 2.59 bits per heavy atom. The van der Waals surface area contributed by atoms with Crippen molar-refractivity contribution in [2.75, 3.05) is 20.3 Å². The third kappa shape index (κ3) is 4.63. The lowest BCUT2D eigenvalue weighted by atomic mass is 9.83. The van der Waals surface area contributed by atoms with Crippen molar-refractivity contribution in [1.82, 2.24) is 0 Å². The molecule has 10 heteroatoms. The number of carbonyl (C=O) groups excluding carboxylic acids is 2. The predicted molar refractivity (Wildman–Crippen MR) is 105 cm³/mol. The summed E-state index contributed by atoms with van der Waals surface area (Å²) in [5.41, 5.74) is 11.7. The lowest BCUT2D eigenvalue weighted by Gasteiger charge is -2.28. The first-order chi connectivity index (χ1) is 13.7. The zero-order chi connectivity index (χ0) is 21.7. The zero-order valence-corrected chi connectivity index (χ0v) is 17.7. The van der Waals surface area contributed by atoms with E-state index in [-0.39, 0.29) is 47.5 Å². The highest BCUT2D eigenvalue weighted by Gasteiger charge is 2.37. The van der Waals surface area contributed by atoms with Crippen molar-refractivity contribution in [1.29, 1.82) is 5.26 Å². The van der Waals surface area contributed by atoms with Crippen molar-refractivity contribution >= 4 is 27.8 Å². The Morgan fingerprint density at radius 1 is 1.34 bits per heavy atom. The maximum absolute atomic E-state index is 12.6. The summed E-state index contributed by atoms with van der Waals surface area (Å²) in [4.78, 5) is 23.6. The van der Waals surface area contributed by atoms with Crippen LogP contribution in [0.5, 0.6) is 11.5 Å². The van der Waals surface area contributed by atoms with E-state index in [0.717, 1.165) is 0 Å². The second-order valence-electron chi connectivity index (χ2n) is 5.89. The molecule has 0 aromatic heterocycles. The lowest BCUT2D eigenvalue weighted by Crippen LogP contribution is -2.26. The molecule has 1 atom stereocenters. The average Bonchev–Trinajstić information content (AvgIpc) is 2.66. The van der Waals surface area contributed by atoms with Crippen LogP contribution in [0.15, 0.2) is 39.4 Å². The van der Waals surface area contributed by atoms with Crippen LogP contribution in [0.2, 0.25) is 0 Å². The summed E-state index contributed by atoms with van der Waals surface area (Å²) < 4.78 is 21.7. The van der Waals surface area contributed by atoms with Gasteiger partial charge in [-0.05, 0) is 31.5 Å². The fourth-order valence-electron chi connectivity index (χ4n) is 2.86. The molecule has 0 bridgehead atoms. The molecule has 1 aromatic carbocycles. The number of nitriles is 1. The standard InChI is InChI=1S/C19H20BrN3O6/c1-4-27-19(25)16-9(2)29-18(23)11(7-21)17(16)10-5-13(26-3)14(6-12(10)20)28-8-15(22)24/h5-6,17H,4,8,23H2,1-3H3,(H2,22,24). The number of benzene rings is 1. The molecule has 29 heavy (non-hydrogen) atoms. The number of amides is 1. The van der Waals surface area contributed by atoms with Gasteiger partial charge in [0, 0.05) is 4.47 Å². The highest BCUT2D eigenvalue weighted by Crippen LogP contribution is 2.45. The molecule has 154 valence electrons. The van der Waals surface area contributed by atoms with Crippen molar-refractivity contribution in [2.45, 2.75) is 19.8 Å². The van der Waals surface area contributed by atoms with E-state index in [1.165, 1.54) is 7.11 Å². The minimum atomic E-state index is -0.860. The molecule has 0 radical (unpaired) electrons. The third-order valence-corrected chi connectivity index (χ3v) is 4.75. The first-order valence-electron chi connectivity index (χ1n) is 8.49. The molecule has 1 amide bonds. The fourth-order valence-corrected chi connectivity index (χ4v) is 3.41. The van der Waals surface area contributed by atoms with E-state index in [4.69, 9.17) is 30.4 Å². The molecule has 0 fully saturated rings. The highest BCUT2D eigenvalue weighted by molar-refractivity contribution is 9.10. The van der Waals surface area contributed by atoms with Gasteiger partial charge in [-0.25, -0.2) is 4.79 Å². The van der Waals surface area contributed by atoms with E-state index >= 15 is 0 Å². The van der Waals surface area contributed by atoms with Crippen LogP contribution in [-0.4, -0.2) is 32.2 Å². The molecule has 0 saturated carbocycles. The molecule has 0 aliphatic carbocycles. The number of carbonyl (C=O) groups is 2. The van der Waals surface area contributed by atoms with Crippen LogP contribution in [0, 0.1) is 11.3 Å². The number of esters is 1. The molecule has 1 heterocycles. The Morgan fingerprint density at radius 2 is 2.03 bits per heavy atom. The lowest BCUT2D eigenvalue weighted by molar-refractivity contribution is -0.139. The molecule has 2 rings (SSSR count). The Balaban J connectivity index is 2.66. The van der Waals surface area contributed by atoms with Crippen LogP contribution in [0.4, 0.5) is 0 Å². The molecule has 1 unspecified atom stereocenters. The molecular formula is C19H20BrN3O6. The number of primary amides is 1. The minimum absolute atomic E-state index is 0.0483. The quantitative estimate of drug-likeness (QED) is 0.580. The topological polar surface area (TPSA) is 147 Å². The molecular weight excluding hydrogens is 446 g/mol. The number of rotatable bonds is 7. The van der Waals surface area contributed by atoms with Crippen LogP contribution in [0.1, 0.15) is 25.3 Å². The van der Waals surface area contributed by atoms with E-state index in [9.17, 15) is 14.9 Å². The molecule has 4 N–H and O–H groups in total. The van der Waals surface area contributed by atoms with E-state index in [2.05, 4.69) is 15.9 Å². The van der Waals surface area contributed by atoms with E-state index in [0.29, 0.717) is 10.0 Å². The van der Waals surface area contributed by atoms with Gasteiger partial charge in [-0.1, -0.05) is 15.9 Å². The Hall–Kier alpha value is -3.19. The number of hydrogen-bond donors (Lipinski definition) is 2. The first-order valence-corrected chi connectivity index (χ1v) is 9.28. The summed E-state index contributed by atoms with van der Waals surface area (Å²) >= 11 is 3.43. The summed E-state index contributed by atoms with van der Waals surface area (Å²) in [5, 5.41) is 9.66. The van der Waals surface area contributed by atoms with Gasteiger partial charge in [0.15, 0.2) is 18.1 Å². The molecule has 1 aromatic rings. The fraction of sp³-hybridized carbons (Fsp3) is 0.316. The van der Waals surface area contributed by atoms with Crippen molar-refractivity contribution < 1.29 is 28.5 Å². The summed E-state index contributed by atoms with van der Waals surface area (Å²) in [6, 6.07) is 5.13. The van der Waals surface area contributed by atoms with Crippen LogP contribution in [-0.2, 0) is 19.1 Å². The maximum Gasteiger partial charge on any atom is 0.338 e. The Labute approximate surface area is 176 Å². The summed E-state index contributed by atoms with van der Waals surface area (Å²) in [5.74, 6) is -1.50. The Kier molecular flexibility index (Phi) is 7.12. The van der Waals surface area contributed by atoms with Crippen LogP contribution < -0.4 is 20.9 Å². The number of halogens is 1. The largest absolute Gasteiger partial charge is 0.493 e. The predicted octanol–water partition coefficient (Wildman–Crippen LogP) is 1.97. The third-order valence-electron chi connectivity index (χ3n) is 4.06. The normalized spacial score (nSPS) is 16.0. The van der Waals surface area contributed by atoms with Crippen LogP contribution >= 0.6 is 15.9 Å². The van der Waals surface area contributed by atoms with E-state index in [1.807, 2.05) is 6.07 Å². The minimum Gasteiger partial charge on any atom is -0.493 e. The van der Waals surface area contributed by atoms with Gasteiger partial charge in [-0.3, -0.25) is 4.79 Å². The maximum atomic E-state index is 12.6. The van der Waals surface area contributed by atoms with Gasteiger partial charge in [0.2, 0.25) is 5.88 Å². The summed E-state index contributed by atoms with van der Waals surface area (Å²) in [7, 11) is 1.41. The number of hydrogen-bond acceptors (Lipinski definition) is 8. The van der Waals surface area contributed by atoms with Gasteiger partial charge in [-0.2, -0.15) is 5.26 Å².